The first-order valence-corrected chi connectivity index (χ1v) is 8.99. The minimum absolute atomic E-state index is 0.219. The van der Waals surface area contributed by atoms with E-state index in [0.29, 0.717) is 24.2 Å². The van der Waals surface area contributed by atoms with Gasteiger partial charge in [-0.2, -0.15) is 0 Å². The van der Waals surface area contributed by atoms with Crippen LogP contribution in [-0.2, 0) is 13.1 Å². The topological polar surface area (TPSA) is 67.4 Å². The Kier molecular flexibility index (Phi) is 6.41. The fourth-order valence-corrected chi connectivity index (χ4v) is 2.81. The van der Waals surface area contributed by atoms with Crippen LogP contribution in [0.25, 0.3) is 0 Å². The van der Waals surface area contributed by atoms with Crippen LogP contribution in [0.5, 0.6) is 5.75 Å². The lowest BCUT2D eigenvalue weighted by Gasteiger charge is -2.10. The minimum atomic E-state index is -0.247. The quantitative estimate of drug-likeness (QED) is 0.665. The van der Waals surface area contributed by atoms with Crippen LogP contribution in [0.2, 0.25) is 0 Å². The van der Waals surface area contributed by atoms with Gasteiger partial charge in [0.2, 0.25) is 0 Å². The summed E-state index contributed by atoms with van der Waals surface area (Å²) in [5.41, 5.74) is 2.78. The summed E-state index contributed by atoms with van der Waals surface area (Å²) in [6.07, 6.45) is 0. The van der Waals surface area contributed by atoms with Crippen molar-refractivity contribution in [2.24, 2.45) is 0 Å². The molecule has 142 valence electrons. The van der Waals surface area contributed by atoms with Crippen LogP contribution in [-0.4, -0.2) is 18.9 Å². The van der Waals surface area contributed by atoms with E-state index >= 15 is 0 Å². The lowest BCUT2D eigenvalue weighted by atomic mass is 10.1. The molecule has 0 aromatic heterocycles. The summed E-state index contributed by atoms with van der Waals surface area (Å²) in [4.78, 5) is 24.9. The largest absolute Gasteiger partial charge is 0.496 e. The number of amides is 2. The Bertz CT molecular complexity index is 955. The molecule has 0 aliphatic carbocycles. The predicted molar refractivity (Wildman–Crippen MR) is 108 cm³/mol. The molecule has 0 aliphatic heterocycles. The molecule has 5 heteroatoms. The minimum Gasteiger partial charge on any atom is -0.496 e. The number of carbonyl (C=O) groups excluding carboxylic acids is 2. The maximum absolute atomic E-state index is 12.5. The zero-order chi connectivity index (χ0) is 19.8. The normalized spacial score (nSPS) is 10.2. The number of nitrogens with one attached hydrogen (secondary N) is 2. The van der Waals surface area contributed by atoms with Gasteiger partial charge >= 0.3 is 0 Å². The molecule has 0 fully saturated rings. The maximum atomic E-state index is 12.5. The Morgan fingerprint density at radius 3 is 2.04 bits per heavy atom. The standard InChI is InChI=1S/C23H22N2O3/c1-28-21-13-6-5-10-20(21)16-25-23(27)19-12-7-11-18(14-19)22(26)24-15-17-8-3-2-4-9-17/h2-14H,15-16H2,1H3,(H,24,26)(H,25,27). The monoisotopic (exact) mass is 374 g/mol. The van der Waals surface area contributed by atoms with Gasteiger partial charge in [0.1, 0.15) is 5.75 Å². The number of hydrogen-bond donors (Lipinski definition) is 2. The van der Waals surface area contributed by atoms with Gasteiger partial charge in [0.25, 0.3) is 11.8 Å². The fraction of sp³-hybridized carbons (Fsp3) is 0.130. The van der Waals surface area contributed by atoms with Crippen molar-refractivity contribution in [3.05, 3.63) is 101 Å². The number of ether oxygens (including phenoxy) is 1. The lowest BCUT2D eigenvalue weighted by Crippen LogP contribution is -2.25. The molecule has 28 heavy (non-hydrogen) atoms. The summed E-state index contributed by atoms with van der Waals surface area (Å²) < 4.78 is 5.29. The van der Waals surface area contributed by atoms with E-state index < -0.39 is 0 Å². The van der Waals surface area contributed by atoms with E-state index in [1.807, 2.05) is 54.6 Å². The number of para-hydroxylation sites is 1. The molecule has 3 aromatic rings. The predicted octanol–water partition coefficient (Wildman–Crippen LogP) is 3.56. The van der Waals surface area contributed by atoms with Gasteiger partial charge in [0.15, 0.2) is 0 Å². The van der Waals surface area contributed by atoms with Crippen molar-refractivity contribution >= 4 is 11.8 Å². The van der Waals surface area contributed by atoms with Gasteiger partial charge in [-0.05, 0) is 29.8 Å². The van der Waals surface area contributed by atoms with E-state index in [1.165, 1.54) is 0 Å². The van der Waals surface area contributed by atoms with Gasteiger partial charge in [-0.15, -0.1) is 0 Å². The third kappa shape index (κ3) is 4.98. The van der Waals surface area contributed by atoms with E-state index in [9.17, 15) is 9.59 Å². The van der Waals surface area contributed by atoms with Crippen LogP contribution in [0.4, 0.5) is 0 Å². The van der Waals surface area contributed by atoms with Crippen LogP contribution < -0.4 is 15.4 Å². The molecule has 0 aliphatic rings. The van der Waals surface area contributed by atoms with Crippen molar-refractivity contribution in [3.63, 3.8) is 0 Å². The highest BCUT2D eigenvalue weighted by atomic mass is 16.5. The second-order valence-electron chi connectivity index (χ2n) is 6.24. The molecule has 2 N–H and O–H groups in total. The van der Waals surface area contributed by atoms with Crippen LogP contribution in [0.3, 0.4) is 0 Å². The molecule has 0 saturated heterocycles. The highest BCUT2D eigenvalue weighted by Gasteiger charge is 2.11. The van der Waals surface area contributed by atoms with Gasteiger partial charge in [0.05, 0.1) is 7.11 Å². The second kappa shape index (κ2) is 9.37. The first-order chi connectivity index (χ1) is 13.7. The van der Waals surface area contributed by atoms with Crippen molar-refractivity contribution in [1.29, 1.82) is 0 Å². The van der Waals surface area contributed by atoms with Gasteiger partial charge in [-0.1, -0.05) is 54.6 Å². The molecule has 0 spiro atoms. The molecule has 0 radical (unpaired) electrons. The lowest BCUT2D eigenvalue weighted by molar-refractivity contribution is 0.0950. The van der Waals surface area contributed by atoms with E-state index in [1.54, 1.807) is 31.4 Å². The highest BCUT2D eigenvalue weighted by Crippen LogP contribution is 2.17. The molecule has 0 bridgehead atoms. The SMILES string of the molecule is COc1ccccc1CNC(=O)c1cccc(C(=O)NCc2ccccc2)c1. The third-order valence-electron chi connectivity index (χ3n) is 4.31. The van der Waals surface area contributed by atoms with Crippen LogP contribution in [0.1, 0.15) is 31.8 Å². The molecule has 3 aromatic carbocycles. The summed E-state index contributed by atoms with van der Waals surface area (Å²) in [7, 11) is 1.60. The van der Waals surface area contributed by atoms with Crippen molar-refractivity contribution in [3.8, 4) is 5.75 Å². The zero-order valence-electron chi connectivity index (χ0n) is 15.6. The summed E-state index contributed by atoms with van der Waals surface area (Å²) in [5, 5.41) is 5.73. The van der Waals surface area contributed by atoms with Crippen molar-refractivity contribution < 1.29 is 14.3 Å². The molecule has 0 atom stereocenters. The molecule has 0 saturated carbocycles. The van der Waals surface area contributed by atoms with Crippen LogP contribution >= 0.6 is 0 Å². The smallest absolute Gasteiger partial charge is 0.251 e. The summed E-state index contributed by atoms with van der Waals surface area (Å²) in [6, 6.07) is 23.9. The van der Waals surface area contributed by atoms with Crippen molar-refractivity contribution in [2.45, 2.75) is 13.1 Å². The van der Waals surface area contributed by atoms with Crippen molar-refractivity contribution in [1.82, 2.24) is 10.6 Å². The number of methoxy groups -OCH3 is 1. The molecule has 5 nitrogen and oxygen atoms in total. The van der Waals surface area contributed by atoms with Gasteiger partial charge in [-0.25, -0.2) is 0 Å². The third-order valence-corrected chi connectivity index (χ3v) is 4.31. The Morgan fingerprint density at radius 1 is 0.750 bits per heavy atom. The second-order valence-corrected chi connectivity index (χ2v) is 6.24. The first kappa shape index (κ1) is 19.2. The van der Waals surface area contributed by atoms with E-state index in [0.717, 1.165) is 16.9 Å². The molecule has 0 unspecified atom stereocenters. The first-order valence-electron chi connectivity index (χ1n) is 8.99. The Morgan fingerprint density at radius 2 is 1.36 bits per heavy atom. The number of rotatable bonds is 7. The molecule has 2 amide bonds. The van der Waals surface area contributed by atoms with E-state index in [-0.39, 0.29) is 11.8 Å². The van der Waals surface area contributed by atoms with E-state index in [2.05, 4.69) is 10.6 Å². The maximum Gasteiger partial charge on any atom is 0.251 e. The van der Waals surface area contributed by atoms with Gasteiger partial charge < -0.3 is 15.4 Å². The molecular weight excluding hydrogens is 352 g/mol. The summed E-state index contributed by atoms with van der Waals surface area (Å²) >= 11 is 0. The number of hydrogen-bond acceptors (Lipinski definition) is 3. The molecule has 0 heterocycles. The van der Waals surface area contributed by atoms with Crippen molar-refractivity contribution in [2.75, 3.05) is 7.11 Å². The Labute approximate surface area is 164 Å². The fourth-order valence-electron chi connectivity index (χ4n) is 2.81. The zero-order valence-corrected chi connectivity index (χ0v) is 15.6. The van der Waals surface area contributed by atoms with Crippen LogP contribution in [0.15, 0.2) is 78.9 Å². The summed E-state index contributed by atoms with van der Waals surface area (Å²) in [5.74, 6) is 0.253. The molecule has 3 rings (SSSR count). The number of carbonyl (C=O) groups is 2. The highest BCUT2D eigenvalue weighted by molar-refractivity contribution is 5.99. The Balaban J connectivity index is 1.61. The summed E-state index contributed by atoms with van der Waals surface area (Å²) in [6.45, 7) is 0.775. The Hall–Kier alpha value is -3.60. The average Bonchev–Trinajstić information content (AvgIpc) is 2.76. The van der Waals surface area contributed by atoms with E-state index in [4.69, 9.17) is 4.74 Å². The van der Waals surface area contributed by atoms with Crippen LogP contribution in [0, 0.1) is 0 Å². The van der Waals surface area contributed by atoms with Gasteiger partial charge in [-0.3, -0.25) is 9.59 Å². The average molecular weight is 374 g/mol. The number of benzene rings is 3. The van der Waals surface area contributed by atoms with Gasteiger partial charge in [0, 0.05) is 29.8 Å². The molecular formula is C23H22N2O3.